The van der Waals surface area contributed by atoms with Crippen molar-refractivity contribution >= 4 is 27.3 Å². The number of hydrogen-bond acceptors (Lipinski definition) is 7. The predicted molar refractivity (Wildman–Crippen MR) is 133 cm³/mol. The molecule has 2 heterocycles. The lowest BCUT2D eigenvalue weighted by atomic mass is 9.90. The molecule has 0 radical (unpaired) electrons. The Morgan fingerprint density at radius 3 is 2.46 bits per heavy atom. The molecule has 188 valence electrons. The number of rotatable bonds is 7. The van der Waals surface area contributed by atoms with Gasteiger partial charge in [0.15, 0.2) is 11.5 Å². The highest BCUT2D eigenvalue weighted by Crippen LogP contribution is 2.56. The maximum Gasteiger partial charge on any atom is 0.250 e. The fourth-order valence-electron chi connectivity index (χ4n) is 5.13. The van der Waals surface area contributed by atoms with Gasteiger partial charge in [0.25, 0.3) is 5.91 Å². The van der Waals surface area contributed by atoms with Gasteiger partial charge in [0.2, 0.25) is 15.8 Å². The molecule has 0 atom stereocenters. The fourth-order valence-corrected chi connectivity index (χ4v) is 5.97. The van der Waals surface area contributed by atoms with Crippen LogP contribution in [0.4, 0.5) is 11.4 Å². The molecule has 1 spiro atoms. The average molecular weight is 502 g/mol. The van der Waals surface area contributed by atoms with Crippen molar-refractivity contribution in [2.45, 2.75) is 45.3 Å². The second-order valence-corrected chi connectivity index (χ2v) is 12.0. The Kier molecular flexibility index (Phi) is 5.63. The summed E-state index contributed by atoms with van der Waals surface area (Å²) in [6, 6.07) is 8.52. The van der Waals surface area contributed by atoms with Crippen LogP contribution in [0.15, 0.2) is 30.3 Å². The van der Waals surface area contributed by atoms with Crippen LogP contribution in [0.1, 0.15) is 49.9 Å². The number of nitrogens with one attached hydrogen (secondary N) is 1. The first-order valence-corrected chi connectivity index (χ1v) is 13.5. The zero-order valence-electron chi connectivity index (χ0n) is 20.0. The largest absolute Gasteiger partial charge is 0.449 e. The number of sulfonamides is 1. The Morgan fingerprint density at radius 2 is 1.83 bits per heavy atom. The number of piperidine rings is 1. The number of para-hydroxylation sites is 1. The number of aliphatic hydroxyl groups is 1. The molecule has 1 saturated heterocycles. The zero-order chi connectivity index (χ0) is 25.0. The number of aliphatic hydroxyl groups excluding tert-OH is 1. The molecule has 0 aromatic heterocycles. The molecule has 2 aromatic rings. The lowest BCUT2D eigenvalue weighted by Gasteiger charge is -2.36. The minimum absolute atomic E-state index is 0.284. The number of hydrogen-bond donors (Lipinski definition) is 3. The standard InChI is InChI=1S/C25H31N3O6S/c1-24(2)33-19-5-3-4-16(22(19)34-24)20-18(27-35(31,32)15-14-29)7-6-17(23(26)30)21(20)28-12-10-25(8-9-25)11-13-28/h3-7,27,29H,8-15H2,1-2H3,(H2,26,30). The molecule has 2 aromatic carbocycles. The Morgan fingerprint density at radius 1 is 1.11 bits per heavy atom. The number of carbonyl (C=O) groups excluding carboxylic acids is 1. The first kappa shape index (κ1) is 23.7. The van der Waals surface area contributed by atoms with Gasteiger partial charge in [-0.2, -0.15) is 0 Å². The molecule has 9 nitrogen and oxygen atoms in total. The van der Waals surface area contributed by atoms with Crippen molar-refractivity contribution in [2.24, 2.45) is 11.1 Å². The Bertz CT molecular complexity index is 1280. The topological polar surface area (TPSA) is 131 Å². The molecule has 2 fully saturated rings. The Balaban J connectivity index is 1.72. The van der Waals surface area contributed by atoms with Gasteiger partial charge in [-0.1, -0.05) is 12.1 Å². The van der Waals surface area contributed by atoms with Gasteiger partial charge in [-0.25, -0.2) is 8.42 Å². The number of benzene rings is 2. The summed E-state index contributed by atoms with van der Waals surface area (Å²) in [5, 5.41) is 9.26. The highest BCUT2D eigenvalue weighted by atomic mass is 32.2. The molecule has 4 N–H and O–H groups in total. The summed E-state index contributed by atoms with van der Waals surface area (Å²) in [5.41, 5.74) is 8.51. The molecule has 3 aliphatic rings. The molecule has 10 heteroatoms. The molecular weight excluding hydrogens is 470 g/mol. The number of ether oxygens (including phenoxy) is 2. The van der Waals surface area contributed by atoms with Crippen LogP contribution in [0.5, 0.6) is 11.5 Å². The molecule has 0 unspecified atom stereocenters. The van der Waals surface area contributed by atoms with E-state index in [4.69, 9.17) is 15.2 Å². The molecule has 35 heavy (non-hydrogen) atoms. The van der Waals surface area contributed by atoms with E-state index in [9.17, 15) is 18.3 Å². The van der Waals surface area contributed by atoms with Crippen molar-refractivity contribution in [1.82, 2.24) is 0 Å². The van der Waals surface area contributed by atoms with E-state index in [1.165, 1.54) is 12.8 Å². The van der Waals surface area contributed by atoms with E-state index in [1.807, 2.05) is 6.07 Å². The van der Waals surface area contributed by atoms with Crippen molar-refractivity contribution < 1.29 is 27.8 Å². The quantitative estimate of drug-likeness (QED) is 0.531. The Hall–Kier alpha value is -2.98. The van der Waals surface area contributed by atoms with E-state index in [2.05, 4.69) is 9.62 Å². The van der Waals surface area contributed by atoms with Crippen LogP contribution in [0.3, 0.4) is 0 Å². The summed E-state index contributed by atoms with van der Waals surface area (Å²) < 4.78 is 40.0. The van der Waals surface area contributed by atoms with Gasteiger partial charge in [0.1, 0.15) is 0 Å². The van der Waals surface area contributed by atoms with Crippen LogP contribution in [-0.4, -0.2) is 50.7 Å². The summed E-state index contributed by atoms with van der Waals surface area (Å²) in [4.78, 5) is 14.7. The fraction of sp³-hybridized carbons (Fsp3) is 0.480. The van der Waals surface area contributed by atoms with Gasteiger partial charge in [-0.05, 0) is 49.3 Å². The summed E-state index contributed by atoms with van der Waals surface area (Å²) in [6.07, 6.45) is 4.46. The maximum absolute atomic E-state index is 12.7. The third-order valence-corrected chi connectivity index (χ3v) is 8.37. The monoisotopic (exact) mass is 501 g/mol. The van der Waals surface area contributed by atoms with Crippen LogP contribution in [0.2, 0.25) is 0 Å². The maximum atomic E-state index is 12.7. The number of nitrogens with zero attached hydrogens (tertiary/aromatic N) is 1. The molecule has 0 bridgehead atoms. The summed E-state index contributed by atoms with van der Waals surface area (Å²) in [5.74, 6) is -0.950. The van der Waals surface area contributed by atoms with E-state index in [0.717, 1.165) is 25.9 Å². The van der Waals surface area contributed by atoms with Gasteiger partial charge in [0.05, 0.1) is 29.3 Å². The number of fused-ring (bicyclic) bond motifs is 1. The zero-order valence-corrected chi connectivity index (χ0v) is 20.8. The van der Waals surface area contributed by atoms with Crippen LogP contribution >= 0.6 is 0 Å². The smallest absolute Gasteiger partial charge is 0.250 e. The predicted octanol–water partition coefficient (Wildman–Crippen LogP) is 3.07. The Labute approximate surface area is 205 Å². The molecule has 1 saturated carbocycles. The second kappa shape index (κ2) is 8.30. The average Bonchev–Trinajstić information content (AvgIpc) is 3.44. The molecule has 5 rings (SSSR count). The molecule has 1 amide bonds. The number of amides is 1. The van der Waals surface area contributed by atoms with Crippen LogP contribution < -0.4 is 24.8 Å². The third-order valence-electron chi connectivity index (χ3n) is 7.12. The van der Waals surface area contributed by atoms with Crippen LogP contribution in [-0.2, 0) is 10.0 Å². The van der Waals surface area contributed by atoms with Gasteiger partial charge in [0, 0.05) is 38.1 Å². The van der Waals surface area contributed by atoms with Gasteiger partial charge in [-0.3, -0.25) is 9.52 Å². The minimum atomic E-state index is -3.85. The summed E-state index contributed by atoms with van der Waals surface area (Å²) in [6.45, 7) is 4.54. The summed E-state index contributed by atoms with van der Waals surface area (Å²) in [7, 11) is -3.85. The van der Waals surface area contributed by atoms with Crippen molar-refractivity contribution in [3.05, 3.63) is 35.9 Å². The van der Waals surface area contributed by atoms with E-state index in [1.54, 1.807) is 38.1 Å². The van der Waals surface area contributed by atoms with E-state index >= 15 is 0 Å². The lowest BCUT2D eigenvalue weighted by molar-refractivity contribution is -0.0429. The number of nitrogens with two attached hydrogens (primary N) is 1. The van der Waals surface area contributed by atoms with Crippen LogP contribution in [0.25, 0.3) is 11.1 Å². The first-order valence-electron chi connectivity index (χ1n) is 11.9. The van der Waals surface area contributed by atoms with E-state index in [0.29, 0.717) is 39.3 Å². The van der Waals surface area contributed by atoms with Gasteiger partial charge >= 0.3 is 0 Å². The minimum Gasteiger partial charge on any atom is -0.449 e. The molecular formula is C25H31N3O6S. The van der Waals surface area contributed by atoms with E-state index in [-0.39, 0.29) is 5.69 Å². The molecule has 2 aliphatic heterocycles. The van der Waals surface area contributed by atoms with Crippen molar-refractivity contribution in [1.29, 1.82) is 0 Å². The SMILES string of the molecule is CC1(C)Oc2cccc(-c3c(NS(=O)(=O)CCO)ccc(C(N)=O)c3N3CCC4(CC3)CC4)c2O1. The van der Waals surface area contributed by atoms with Crippen molar-refractivity contribution in [3.63, 3.8) is 0 Å². The van der Waals surface area contributed by atoms with Gasteiger partial charge < -0.3 is 25.2 Å². The first-order chi connectivity index (χ1) is 16.5. The molecule has 1 aliphatic carbocycles. The lowest BCUT2D eigenvalue weighted by Crippen LogP contribution is -2.36. The van der Waals surface area contributed by atoms with E-state index < -0.39 is 34.1 Å². The number of carbonyl (C=O) groups is 1. The summed E-state index contributed by atoms with van der Waals surface area (Å²) >= 11 is 0. The van der Waals surface area contributed by atoms with Gasteiger partial charge in [-0.15, -0.1) is 0 Å². The number of anilines is 2. The van der Waals surface area contributed by atoms with Crippen LogP contribution in [0, 0.1) is 5.41 Å². The van der Waals surface area contributed by atoms with Crippen molar-refractivity contribution in [2.75, 3.05) is 35.1 Å². The second-order valence-electron chi connectivity index (χ2n) is 10.1. The normalized spacial score (nSPS) is 19.6. The third kappa shape index (κ3) is 4.52. The van der Waals surface area contributed by atoms with Crippen molar-refractivity contribution in [3.8, 4) is 22.6 Å². The highest BCUT2D eigenvalue weighted by molar-refractivity contribution is 7.92. The highest BCUT2D eigenvalue weighted by Gasteiger charge is 2.45. The number of primary amides is 1.